The van der Waals surface area contributed by atoms with E-state index in [0.717, 1.165) is 23.4 Å². The van der Waals surface area contributed by atoms with Gasteiger partial charge in [-0.25, -0.2) is 4.39 Å². The molecule has 1 heterocycles. The minimum atomic E-state index is -0.318. The summed E-state index contributed by atoms with van der Waals surface area (Å²) in [7, 11) is 0. The van der Waals surface area contributed by atoms with E-state index in [1.807, 2.05) is 12.1 Å². The van der Waals surface area contributed by atoms with Crippen LogP contribution in [0.15, 0.2) is 42.5 Å². The van der Waals surface area contributed by atoms with E-state index in [2.05, 4.69) is 25.2 Å². The Morgan fingerprint density at radius 2 is 1.96 bits per heavy atom. The Morgan fingerprint density at radius 1 is 1.27 bits per heavy atom. The number of hydrogen-bond acceptors (Lipinski definition) is 3. The SMILES string of the molecule is CC[C@H]1[C@H](C)C(Nc2ccc(C#N)cc2)c2cc(F)ccc2N1C(C)=O. The molecule has 0 aromatic heterocycles. The summed E-state index contributed by atoms with van der Waals surface area (Å²) in [6.45, 7) is 5.69. The van der Waals surface area contributed by atoms with E-state index in [1.165, 1.54) is 12.1 Å². The third-order valence-corrected chi connectivity index (χ3v) is 5.14. The van der Waals surface area contributed by atoms with Gasteiger partial charge in [-0.15, -0.1) is 0 Å². The summed E-state index contributed by atoms with van der Waals surface area (Å²) in [5.41, 5.74) is 2.99. The Hall–Kier alpha value is -2.87. The molecular formula is C21H22FN3O. The Bertz CT molecular complexity index is 857. The van der Waals surface area contributed by atoms with Gasteiger partial charge in [0.05, 0.1) is 17.7 Å². The molecule has 2 aromatic carbocycles. The number of halogens is 1. The Balaban J connectivity index is 2.05. The second-order valence-corrected chi connectivity index (χ2v) is 6.74. The molecule has 0 spiro atoms. The molecule has 1 amide bonds. The lowest BCUT2D eigenvalue weighted by atomic mass is 9.80. The summed E-state index contributed by atoms with van der Waals surface area (Å²) in [6, 6.07) is 13.8. The van der Waals surface area contributed by atoms with E-state index >= 15 is 0 Å². The van der Waals surface area contributed by atoms with Gasteiger partial charge in [0.25, 0.3) is 0 Å². The zero-order valence-electron chi connectivity index (χ0n) is 15.2. The topological polar surface area (TPSA) is 56.1 Å². The highest BCUT2D eigenvalue weighted by molar-refractivity contribution is 5.94. The van der Waals surface area contributed by atoms with Crippen LogP contribution in [0.2, 0.25) is 0 Å². The highest BCUT2D eigenvalue weighted by Gasteiger charge is 2.39. The van der Waals surface area contributed by atoms with Crippen LogP contribution in [0.3, 0.4) is 0 Å². The number of nitrogens with one attached hydrogen (secondary N) is 1. The maximum absolute atomic E-state index is 14.0. The van der Waals surface area contributed by atoms with Crippen molar-refractivity contribution < 1.29 is 9.18 Å². The number of benzene rings is 2. The summed E-state index contributed by atoms with van der Waals surface area (Å²) in [5, 5.41) is 12.4. The van der Waals surface area contributed by atoms with Crippen molar-refractivity contribution in [3.63, 3.8) is 0 Å². The molecule has 1 unspecified atom stereocenters. The van der Waals surface area contributed by atoms with Gasteiger partial charge in [-0.1, -0.05) is 13.8 Å². The molecule has 0 bridgehead atoms. The van der Waals surface area contributed by atoms with Gasteiger partial charge in [-0.3, -0.25) is 4.79 Å². The van der Waals surface area contributed by atoms with Crippen molar-refractivity contribution in [3.05, 3.63) is 59.4 Å². The predicted molar refractivity (Wildman–Crippen MR) is 100 cm³/mol. The van der Waals surface area contributed by atoms with E-state index in [9.17, 15) is 9.18 Å². The highest BCUT2D eigenvalue weighted by atomic mass is 19.1. The first-order valence-electron chi connectivity index (χ1n) is 8.82. The van der Waals surface area contributed by atoms with Crippen LogP contribution in [0.25, 0.3) is 0 Å². The van der Waals surface area contributed by atoms with Gasteiger partial charge in [-0.05, 0) is 48.9 Å². The molecule has 26 heavy (non-hydrogen) atoms. The second kappa shape index (κ2) is 7.17. The first kappa shape index (κ1) is 17.9. The van der Waals surface area contributed by atoms with Crippen LogP contribution < -0.4 is 10.2 Å². The summed E-state index contributed by atoms with van der Waals surface area (Å²) >= 11 is 0. The monoisotopic (exact) mass is 351 g/mol. The lowest BCUT2D eigenvalue weighted by molar-refractivity contribution is -0.117. The van der Waals surface area contributed by atoms with Crippen molar-refractivity contribution in [2.45, 2.75) is 39.3 Å². The van der Waals surface area contributed by atoms with E-state index in [-0.39, 0.29) is 29.7 Å². The van der Waals surface area contributed by atoms with Crippen molar-refractivity contribution in [2.24, 2.45) is 5.92 Å². The van der Waals surface area contributed by atoms with Gasteiger partial charge < -0.3 is 10.2 Å². The molecule has 1 aliphatic rings. The second-order valence-electron chi connectivity index (χ2n) is 6.74. The van der Waals surface area contributed by atoms with Crippen molar-refractivity contribution in [1.29, 1.82) is 5.26 Å². The molecule has 1 aliphatic heterocycles. The summed E-state index contributed by atoms with van der Waals surface area (Å²) in [5.74, 6) is -0.261. The smallest absolute Gasteiger partial charge is 0.224 e. The molecule has 3 rings (SSSR count). The number of carbonyl (C=O) groups excluding carboxylic acids is 1. The van der Waals surface area contributed by atoms with Crippen LogP contribution in [0, 0.1) is 23.1 Å². The normalized spacial score (nSPS) is 21.7. The van der Waals surface area contributed by atoms with Gasteiger partial charge in [0.2, 0.25) is 5.91 Å². The van der Waals surface area contributed by atoms with Crippen LogP contribution >= 0.6 is 0 Å². The van der Waals surface area contributed by atoms with E-state index in [4.69, 9.17) is 5.26 Å². The minimum Gasteiger partial charge on any atom is -0.378 e. The molecule has 0 saturated heterocycles. The van der Waals surface area contributed by atoms with Crippen LogP contribution in [0.4, 0.5) is 15.8 Å². The van der Waals surface area contributed by atoms with E-state index < -0.39 is 0 Å². The molecule has 134 valence electrons. The van der Waals surface area contributed by atoms with E-state index in [1.54, 1.807) is 30.0 Å². The van der Waals surface area contributed by atoms with E-state index in [0.29, 0.717) is 5.56 Å². The van der Waals surface area contributed by atoms with Gasteiger partial charge in [0.1, 0.15) is 5.82 Å². The minimum absolute atomic E-state index is 0.0290. The number of anilines is 2. The molecule has 0 fully saturated rings. The summed E-state index contributed by atoms with van der Waals surface area (Å²) in [6.07, 6.45) is 0.809. The Labute approximate surface area is 153 Å². The van der Waals surface area contributed by atoms with Gasteiger partial charge in [-0.2, -0.15) is 5.26 Å². The average Bonchev–Trinajstić information content (AvgIpc) is 2.63. The maximum Gasteiger partial charge on any atom is 0.224 e. The highest BCUT2D eigenvalue weighted by Crippen LogP contribution is 2.43. The largest absolute Gasteiger partial charge is 0.378 e. The van der Waals surface area contributed by atoms with Gasteiger partial charge in [0.15, 0.2) is 0 Å². The fraction of sp³-hybridized carbons (Fsp3) is 0.333. The summed E-state index contributed by atoms with van der Waals surface area (Å²) in [4.78, 5) is 14.1. The molecule has 4 nitrogen and oxygen atoms in total. The predicted octanol–water partition coefficient (Wildman–Crippen LogP) is 4.63. The van der Waals surface area contributed by atoms with Crippen LogP contribution in [-0.2, 0) is 4.79 Å². The number of fused-ring (bicyclic) bond motifs is 1. The first-order valence-corrected chi connectivity index (χ1v) is 8.82. The standard InChI is InChI=1S/C21H22FN3O/c1-4-19-13(2)21(24-17-8-5-15(12-23)6-9-17)18-11-16(22)7-10-20(18)25(19)14(3)26/h5-11,13,19,21,24H,4H2,1-3H3/t13-,19-,21?/m0/s1. The van der Waals surface area contributed by atoms with Crippen LogP contribution in [0.5, 0.6) is 0 Å². The molecule has 0 radical (unpaired) electrons. The lowest BCUT2D eigenvalue weighted by Crippen LogP contribution is -2.49. The number of amides is 1. The van der Waals surface area contributed by atoms with Crippen molar-refractivity contribution in [2.75, 3.05) is 10.2 Å². The number of nitrogens with zero attached hydrogens (tertiary/aromatic N) is 2. The number of rotatable bonds is 3. The molecule has 0 aliphatic carbocycles. The van der Waals surface area contributed by atoms with Crippen LogP contribution in [-0.4, -0.2) is 11.9 Å². The first-order chi connectivity index (χ1) is 12.5. The Kier molecular flexibility index (Phi) is 4.94. The van der Waals surface area contributed by atoms with Crippen molar-refractivity contribution in [1.82, 2.24) is 0 Å². The Morgan fingerprint density at radius 3 is 2.54 bits per heavy atom. The van der Waals surface area contributed by atoms with Gasteiger partial charge >= 0.3 is 0 Å². The number of carbonyl (C=O) groups is 1. The molecule has 3 atom stereocenters. The quantitative estimate of drug-likeness (QED) is 0.877. The van der Waals surface area contributed by atoms with Crippen LogP contribution in [0.1, 0.15) is 44.4 Å². The molecule has 5 heteroatoms. The lowest BCUT2D eigenvalue weighted by Gasteiger charge is -2.45. The third kappa shape index (κ3) is 3.15. The molecule has 1 N–H and O–H groups in total. The molecule has 0 saturated carbocycles. The summed E-state index contributed by atoms with van der Waals surface area (Å²) < 4.78 is 14.0. The molecular weight excluding hydrogens is 329 g/mol. The third-order valence-electron chi connectivity index (χ3n) is 5.14. The zero-order chi connectivity index (χ0) is 18.8. The number of nitriles is 1. The fourth-order valence-corrected chi connectivity index (χ4v) is 3.90. The fourth-order valence-electron chi connectivity index (χ4n) is 3.90. The van der Waals surface area contributed by atoms with Crippen molar-refractivity contribution >= 4 is 17.3 Å². The van der Waals surface area contributed by atoms with Crippen molar-refractivity contribution in [3.8, 4) is 6.07 Å². The zero-order valence-corrected chi connectivity index (χ0v) is 15.2. The maximum atomic E-state index is 14.0. The number of hydrogen-bond donors (Lipinski definition) is 1. The molecule has 2 aromatic rings. The van der Waals surface area contributed by atoms with Gasteiger partial charge in [0, 0.05) is 35.8 Å². The average molecular weight is 351 g/mol.